The lowest BCUT2D eigenvalue weighted by molar-refractivity contribution is -0.139. The van der Waals surface area contributed by atoms with E-state index < -0.39 is 5.97 Å². The number of aromatic nitrogens is 1. The van der Waals surface area contributed by atoms with Crippen LogP contribution >= 0.6 is 11.8 Å². The third kappa shape index (κ3) is 5.07. The number of furan rings is 1. The minimum atomic E-state index is -0.758. The summed E-state index contributed by atoms with van der Waals surface area (Å²) in [6.45, 7) is 3.59. The van der Waals surface area contributed by atoms with Crippen molar-refractivity contribution in [3.8, 4) is 0 Å². The Morgan fingerprint density at radius 1 is 1.40 bits per heavy atom. The fourth-order valence-electron chi connectivity index (χ4n) is 2.99. The van der Waals surface area contributed by atoms with Crippen molar-refractivity contribution in [2.75, 3.05) is 13.1 Å². The Bertz CT molecular complexity index is 686. The van der Waals surface area contributed by atoms with Crippen LogP contribution < -0.4 is 5.32 Å². The SMILES string of the molecule is CCN(CC(=O)O)C1CC(NCc2ccc(Sc3ccccn3)o2)C1. The summed E-state index contributed by atoms with van der Waals surface area (Å²) in [7, 11) is 0. The minimum absolute atomic E-state index is 0.125. The van der Waals surface area contributed by atoms with E-state index in [2.05, 4.69) is 10.3 Å². The molecule has 0 amide bonds. The molecule has 0 radical (unpaired) electrons. The average Bonchev–Trinajstić information content (AvgIpc) is 3.00. The summed E-state index contributed by atoms with van der Waals surface area (Å²) in [5.74, 6) is 0.145. The first-order chi connectivity index (χ1) is 12.1. The Kier molecular flexibility index (Phi) is 6.12. The van der Waals surface area contributed by atoms with Crippen LogP contribution in [-0.4, -0.2) is 46.1 Å². The molecule has 2 aromatic heterocycles. The zero-order valence-electron chi connectivity index (χ0n) is 14.2. The second-order valence-corrected chi connectivity index (χ2v) is 7.18. The van der Waals surface area contributed by atoms with Crippen molar-refractivity contribution < 1.29 is 14.3 Å². The van der Waals surface area contributed by atoms with Crippen LogP contribution in [0.5, 0.6) is 0 Å². The van der Waals surface area contributed by atoms with Gasteiger partial charge in [0, 0.05) is 18.3 Å². The van der Waals surface area contributed by atoms with Crippen molar-refractivity contribution >= 4 is 17.7 Å². The van der Waals surface area contributed by atoms with Crippen molar-refractivity contribution in [3.05, 3.63) is 42.3 Å². The van der Waals surface area contributed by atoms with Crippen LogP contribution in [0.3, 0.4) is 0 Å². The summed E-state index contributed by atoms with van der Waals surface area (Å²) in [6, 6.07) is 10.5. The lowest BCUT2D eigenvalue weighted by Crippen LogP contribution is -2.53. The topological polar surface area (TPSA) is 78.6 Å². The number of pyridine rings is 1. The van der Waals surface area contributed by atoms with Gasteiger partial charge < -0.3 is 14.8 Å². The molecule has 1 aliphatic carbocycles. The molecular formula is C18H23N3O3S. The normalized spacial score (nSPS) is 19.8. The number of carbonyl (C=O) groups is 1. The van der Waals surface area contributed by atoms with Gasteiger partial charge in [0.25, 0.3) is 0 Å². The molecule has 1 saturated carbocycles. The van der Waals surface area contributed by atoms with Gasteiger partial charge >= 0.3 is 5.97 Å². The largest absolute Gasteiger partial charge is 0.480 e. The maximum atomic E-state index is 10.9. The minimum Gasteiger partial charge on any atom is -0.480 e. The fraction of sp³-hybridized carbons (Fsp3) is 0.444. The predicted octanol–water partition coefficient (Wildman–Crippen LogP) is 2.85. The van der Waals surface area contributed by atoms with Gasteiger partial charge in [0.2, 0.25) is 0 Å². The first-order valence-electron chi connectivity index (χ1n) is 8.51. The molecule has 2 heterocycles. The van der Waals surface area contributed by atoms with Crippen LogP contribution in [0.25, 0.3) is 0 Å². The van der Waals surface area contributed by atoms with Crippen molar-refractivity contribution in [2.24, 2.45) is 0 Å². The molecule has 0 aromatic carbocycles. The molecule has 1 fully saturated rings. The lowest BCUT2D eigenvalue weighted by Gasteiger charge is -2.42. The van der Waals surface area contributed by atoms with Crippen LogP contribution in [0, 0.1) is 0 Å². The number of hydrogen-bond donors (Lipinski definition) is 2. The Labute approximate surface area is 151 Å². The van der Waals surface area contributed by atoms with Gasteiger partial charge in [0.05, 0.1) is 13.1 Å². The van der Waals surface area contributed by atoms with Gasteiger partial charge in [-0.3, -0.25) is 9.69 Å². The fourth-order valence-corrected chi connectivity index (χ4v) is 3.74. The molecule has 2 aromatic rings. The number of hydrogen-bond acceptors (Lipinski definition) is 6. The number of nitrogens with zero attached hydrogens (tertiary/aromatic N) is 2. The second kappa shape index (κ2) is 8.51. The lowest BCUT2D eigenvalue weighted by atomic mass is 9.85. The van der Waals surface area contributed by atoms with Crippen molar-refractivity contribution in [1.29, 1.82) is 0 Å². The third-order valence-electron chi connectivity index (χ3n) is 4.42. The molecular weight excluding hydrogens is 338 g/mol. The van der Waals surface area contributed by atoms with E-state index in [-0.39, 0.29) is 6.54 Å². The average molecular weight is 361 g/mol. The number of aliphatic carboxylic acids is 1. The van der Waals surface area contributed by atoms with E-state index in [9.17, 15) is 4.79 Å². The Morgan fingerprint density at radius 2 is 2.24 bits per heavy atom. The zero-order valence-corrected chi connectivity index (χ0v) is 15.0. The molecule has 6 nitrogen and oxygen atoms in total. The number of carboxylic acids is 1. The summed E-state index contributed by atoms with van der Waals surface area (Å²) in [6.07, 6.45) is 3.74. The molecule has 134 valence electrons. The van der Waals surface area contributed by atoms with Gasteiger partial charge in [0.15, 0.2) is 5.09 Å². The first kappa shape index (κ1) is 18.0. The van der Waals surface area contributed by atoms with Crippen LogP contribution in [0.4, 0.5) is 0 Å². The summed E-state index contributed by atoms with van der Waals surface area (Å²) >= 11 is 1.51. The molecule has 0 saturated heterocycles. The first-order valence-corrected chi connectivity index (χ1v) is 9.32. The van der Waals surface area contributed by atoms with Gasteiger partial charge in [-0.05, 0) is 55.4 Å². The maximum Gasteiger partial charge on any atom is 0.317 e. The molecule has 0 unspecified atom stereocenters. The number of rotatable bonds is 9. The summed E-state index contributed by atoms with van der Waals surface area (Å²) in [4.78, 5) is 17.2. The van der Waals surface area contributed by atoms with Crippen LogP contribution in [0.1, 0.15) is 25.5 Å². The summed E-state index contributed by atoms with van der Waals surface area (Å²) in [5.41, 5.74) is 0. The number of likely N-dealkylation sites (N-methyl/N-ethyl adjacent to an activating group) is 1. The van der Waals surface area contributed by atoms with E-state index in [0.717, 1.165) is 35.3 Å². The van der Waals surface area contributed by atoms with Gasteiger partial charge in [-0.25, -0.2) is 4.98 Å². The Morgan fingerprint density at radius 3 is 2.92 bits per heavy atom. The zero-order chi connectivity index (χ0) is 17.6. The van der Waals surface area contributed by atoms with E-state index in [0.29, 0.717) is 18.6 Å². The molecule has 1 aliphatic rings. The molecule has 0 bridgehead atoms. The smallest absolute Gasteiger partial charge is 0.317 e. The molecule has 0 atom stereocenters. The highest BCUT2D eigenvalue weighted by atomic mass is 32.2. The number of nitrogens with one attached hydrogen (secondary N) is 1. The van der Waals surface area contributed by atoms with Crippen LogP contribution in [-0.2, 0) is 11.3 Å². The van der Waals surface area contributed by atoms with E-state index >= 15 is 0 Å². The van der Waals surface area contributed by atoms with Crippen molar-refractivity contribution in [1.82, 2.24) is 15.2 Å². The second-order valence-electron chi connectivity index (χ2n) is 6.15. The Balaban J connectivity index is 1.41. The maximum absolute atomic E-state index is 10.9. The predicted molar refractivity (Wildman–Crippen MR) is 95.6 cm³/mol. The summed E-state index contributed by atoms with van der Waals surface area (Å²) in [5, 5.41) is 14.2. The van der Waals surface area contributed by atoms with Gasteiger partial charge in [-0.2, -0.15) is 0 Å². The van der Waals surface area contributed by atoms with E-state index in [1.54, 1.807) is 6.20 Å². The molecule has 25 heavy (non-hydrogen) atoms. The third-order valence-corrected chi connectivity index (χ3v) is 5.29. The Hall–Kier alpha value is -1.83. The molecule has 3 rings (SSSR count). The van der Waals surface area contributed by atoms with Crippen molar-refractivity contribution in [3.63, 3.8) is 0 Å². The van der Waals surface area contributed by atoms with Gasteiger partial charge in [0.1, 0.15) is 10.8 Å². The van der Waals surface area contributed by atoms with E-state index in [1.807, 2.05) is 42.2 Å². The number of carboxylic acid groups (broad SMARTS) is 1. The summed E-state index contributed by atoms with van der Waals surface area (Å²) < 4.78 is 5.83. The molecule has 0 aliphatic heterocycles. The van der Waals surface area contributed by atoms with Gasteiger partial charge in [-0.1, -0.05) is 13.0 Å². The van der Waals surface area contributed by atoms with Crippen LogP contribution in [0.15, 0.2) is 51.1 Å². The highest BCUT2D eigenvalue weighted by molar-refractivity contribution is 7.99. The van der Waals surface area contributed by atoms with Crippen LogP contribution in [0.2, 0.25) is 0 Å². The molecule has 2 N–H and O–H groups in total. The standard InChI is InChI=1S/C18H23N3O3S/c1-2-21(12-17(22)23)14-9-13(10-14)20-11-15-6-7-18(24-15)25-16-5-3-4-8-19-16/h3-8,13-14,20H,2,9-12H2,1H3,(H,22,23). The molecule has 7 heteroatoms. The van der Waals surface area contributed by atoms with Gasteiger partial charge in [-0.15, -0.1) is 0 Å². The van der Waals surface area contributed by atoms with E-state index in [4.69, 9.17) is 9.52 Å². The monoisotopic (exact) mass is 361 g/mol. The quantitative estimate of drug-likeness (QED) is 0.711. The molecule has 0 spiro atoms. The highest BCUT2D eigenvalue weighted by Gasteiger charge is 2.33. The van der Waals surface area contributed by atoms with Crippen molar-refractivity contribution in [2.45, 2.75) is 48.5 Å². The van der Waals surface area contributed by atoms with E-state index in [1.165, 1.54) is 11.8 Å². The highest BCUT2D eigenvalue weighted by Crippen LogP contribution is 2.28.